The van der Waals surface area contributed by atoms with Crippen LogP contribution in [0.3, 0.4) is 0 Å². The molecule has 0 fully saturated rings. The van der Waals surface area contributed by atoms with Crippen LogP contribution in [0.15, 0.2) is 42.5 Å². The topological polar surface area (TPSA) is 47.6 Å². The molecule has 0 aliphatic carbocycles. The van der Waals surface area contributed by atoms with Crippen LogP contribution in [-0.4, -0.2) is 19.1 Å². The lowest BCUT2D eigenvalue weighted by Crippen LogP contribution is -2.36. The molecule has 4 heteroatoms. The minimum atomic E-state index is -0.562. The van der Waals surface area contributed by atoms with Crippen molar-refractivity contribution in [2.75, 3.05) is 7.11 Å². The van der Waals surface area contributed by atoms with E-state index in [1.54, 1.807) is 26.2 Å². The Bertz CT molecular complexity index is 695. The van der Waals surface area contributed by atoms with Crippen LogP contribution in [0.4, 0.5) is 0 Å². The summed E-state index contributed by atoms with van der Waals surface area (Å²) in [5.74, 6) is 1.28. The molecule has 0 aliphatic heterocycles. The van der Waals surface area contributed by atoms with Crippen molar-refractivity contribution < 1.29 is 14.3 Å². The molecule has 2 rings (SSSR count). The van der Waals surface area contributed by atoms with E-state index in [1.165, 1.54) is 16.7 Å². The van der Waals surface area contributed by atoms with Gasteiger partial charge in [-0.3, -0.25) is 4.79 Å². The normalized spacial score (nSPS) is 11.7. The van der Waals surface area contributed by atoms with Gasteiger partial charge < -0.3 is 14.8 Å². The molecule has 0 saturated carbocycles. The number of carbonyl (C=O) groups excluding carboxylic acids is 1. The molecule has 0 spiro atoms. The van der Waals surface area contributed by atoms with E-state index in [-0.39, 0.29) is 5.91 Å². The summed E-state index contributed by atoms with van der Waals surface area (Å²) < 4.78 is 10.8. The third kappa shape index (κ3) is 5.24. The number of nitrogens with one attached hydrogen (secondary N) is 1. The molecule has 0 aromatic heterocycles. The van der Waals surface area contributed by atoms with E-state index in [9.17, 15) is 4.79 Å². The zero-order valence-electron chi connectivity index (χ0n) is 15.5. The quantitative estimate of drug-likeness (QED) is 0.792. The highest BCUT2D eigenvalue weighted by molar-refractivity contribution is 5.80. The molecular weight excluding hydrogens is 314 g/mol. The molecule has 134 valence electrons. The molecule has 0 heterocycles. The van der Waals surface area contributed by atoms with E-state index in [4.69, 9.17) is 9.47 Å². The van der Waals surface area contributed by atoms with Gasteiger partial charge in [-0.05, 0) is 60.7 Å². The smallest absolute Gasteiger partial charge is 0.261 e. The van der Waals surface area contributed by atoms with Gasteiger partial charge in [-0.1, -0.05) is 32.0 Å². The zero-order chi connectivity index (χ0) is 18.2. The van der Waals surface area contributed by atoms with Gasteiger partial charge in [0.2, 0.25) is 0 Å². The summed E-state index contributed by atoms with van der Waals surface area (Å²) in [5, 5.41) is 2.98. The Hall–Kier alpha value is -2.49. The fourth-order valence-electron chi connectivity index (χ4n) is 2.65. The maximum Gasteiger partial charge on any atom is 0.261 e. The standard InChI is InChI=1S/C21H27NO3/c1-5-16-7-8-17(6-2)18(13-16)14-22-21(23)15(3)25-20-11-9-19(24-4)10-12-20/h7-13,15H,5-6,14H2,1-4H3,(H,22,23)/t15-/m0/s1. The van der Waals surface area contributed by atoms with Crippen molar-refractivity contribution in [2.24, 2.45) is 0 Å². The number of hydrogen-bond donors (Lipinski definition) is 1. The largest absolute Gasteiger partial charge is 0.497 e. The third-order valence-corrected chi connectivity index (χ3v) is 4.25. The van der Waals surface area contributed by atoms with Gasteiger partial charge in [0.1, 0.15) is 11.5 Å². The second kappa shape index (κ2) is 9.11. The van der Waals surface area contributed by atoms with Crippen molar-refractivity contribution in [1.29, 1.82) is 0 Å². The Morgan fingerprint density at radius 2 is 1.68 bits per heavy atom. The molecular formula is C21H27NO3. The first kappa shape index (κ1) is 18.8. The summed E-state index contributed by atoms with van der Waals surface area (Å²) in [7, 11) is 1.62. The van der Waals surface area contributed by atoms with Gasteiger partial charge in [0.05, 0.1) is 7.11 Å². The van der Waals surface area contributed by atoms with Crippen molar-refractivity contribution in [3.8, 4) is 11.5 Å². The number of hydrogen-bond acceptors (Lipinski definition) is 3. The summed E-state index contributed by atoms with van der Waals surface area (Å²) in [6, 6.07) is 13.7. The van der Waals surface area contributed by atoms with Crippen molar-refractivity contribution in [3.05, 3.63) is 59.2 Å². The van der Waals surface area contributed by atoms with E-state index >= 15 is 0 Å². The number of aryl methyl sites for hydroxylation is 2. The van der Waals surface area contributed by atoms with Gasteiger partial charge in [0.15, 0.2) is 6.10 Å². The highest BCUT2D eigenvalue weighted by Crippen LogP contribution is 2.18. The predicted molar refractivity (Wildman–Crippen MR) is 100 cm³/mol. The lowest BCUT2D eigenvalue weighted by molar-refractivity contribution is -0.127. The summed E-state index contributed by atoms with van der Waals surface area (Å²) in [4.78, 5) is 12.3. The first-order valence-electron chi connectivity index (χ1n) is 8.76. The third-order valence-electron chi connectivity index (χ3n) is 4.25. The summed E-state index contributed by atoms with van der Waals surface area (Å²) in [6.45, 7) is 6.53. The number of benzene rings is 2. The first-order valence-corrected chi connectivity index (χ1v) is 8.76. The van der Waals surface area contributed by atoms with Crippen LogP contribution in [-0.2, 0) is 24.2 Å². The van der Waals surface area contributed by atoms with Crippen LogP contribution in [0.5, 0.6) is 11.5 Å². The Balaban J connectivity index is 1.94. The van der Waals surface area contributed by atoms with E-state index in [0.717, 1.165) is 18.6 Å². The van der Waals surface area contributed by atoms with E-state index in [1.807, 2.05) is 12.1 Å². The average molecular weight is 341 g/mol. The molecule has 2 aromatic carbocycles. The fourth-order valence-corrected chi connectivity index (χ4v) is 2.65. The molecule has 4 nitrogen and oxygen atoms in total. The number of methoxy groups -OCH3 is 1. The molecule has 25 heavy (non-hydrogen) atoms. The van der Waals surface area contributed by atoms with E-state index in [0.29, 0.717) is 12.3 Å². The van der Waals surface area contributed by atoms with Crippen LogP contribution in [0.2, 0.25) is 0 Å². The zero-order valence-corrected chi connectivity index (χ0v) is 15.5. The van der Waals surface area contributed by atoms with E-state index in [2.05, 4.69) is 37.4 Å². The lowest BCUT2D eigenvalue weighted by atomic mass is 10.0. The molecule has 0 bridgehead atoms. The second-order valence-corrected chi connectivity index (χ2v) is 5.96. The van der Waals surface area contributed by atoms with Gasteiger partial charge in [-0.25, -0.2) is 0 Å². The summed E-state index contributed by atoms with van der Waals surface area (Å²) >= 11 is 0. The van der Waals surface area contributed by atoms with Crippen LogP contribution in [0.25, 0.3) is 0 Å². The van der Waals surface area contributed by atoms with Gasteiger partial charge in [-0.15, -0.1) is 0 Å². The molecule has 1 atom stereocenters. The van der Waals surface area contributed by atoms with Crippen molar-refractivity contribution in [1.82, 2.24) is 5.32 Å². The SMILES string of the molecule is CCc1ccc(CC)c(CNC(=O)[C@H](C)Oc2ccc(OC)cc2)c1. The number of carbonyl (C=O) groups is 1. The minimum Gasteiger partial charge on any atom is -0.497 e. The maximum atomic E-state index is 12.3. The lowest BCUT2D eigenvalue weighted by Gasteiger charge is -2.16. The first-order chi connectivity index (χ1) is 12.1. The van der Waals surface area contributed by atoms with E-state index < -0.39 is 6.10 Å². The summed E-state index contributed by atoms with van der Waals surface area (Å²) in [5.41, 5.74) is 3.72. The highest BCUT2D eigenvalue weighted by Gasteiger charge is 2.15. The maximum absolute atomic E-state index is 12.3. The summed E-state index contributed by atoms with van der Waals surface area (Å²) in [6.07, 6.45) is 1.38. The van der Waals surface area contributed by atoms with Gasteiger partial charge in [0.25, 0.3) is 5.91 Å². The van der Waals surface area contributed by atoms with Crippen molar-refractivity contribution >= 4 is 5.91 Å². The Morgan fingerprint density at radius 1 is 1.00 bits per heavy atom. The van der Waals surface area contributed by atoms with Crippen LogP contribution in [0, 0.1) is 0 Å². The van der Waals surface area contributed by atoms with Gasteiger partial charge in [0, 0.05) is 6.54 Å². The number of rotatable bonds is 8. The van der Waals surface area contributed by atoms with Gasteiger partial charge >= 0.3 is 0 Å². The average Bonchev–Trinajstić information content (AvgIpc) is 2.66. The van der Waals surface area contributed by atoms with Crippen LogP contribution in [0.1, 0.15) is 37.5 Å². The number of ether oxygens (including phenoxy) is 2. The Morgan fingerprint density at radius 3 is 2.28 bits per heavy atom. The predicted octanol–water partition coefficient (Wildman–Crippen LogP) is 3.90. The molecule has 0 aliphatic rings. The van der Waals surface area contributed by atoms with Gasteiger partial charge in [-0.2, -0.15) is 0 Å². The Labute approximate surface area is 150 Å². The molecule has 1 N–H and O–H groups in total. The second-order valence-electron chi connectivity index (χ2n) is 5.96. The fraction of sp³-hybridized carbons (Fsp3) is 0.381. The molecule has 0 radical (unpaired) electrons. The Kier molecular flexibility index (Phi) is 6.87. The van der Waals surface area contributed by atoms with Crippen molar-refractivity contribution in [2.45, 2.75) is 46.3 Å². The molecule has 2 aromatic rings. The van der Waals surface area contributed by atoms with Crippen LogP contribution < -0.4 is 14.8 Å². The molecule has 1 amide bonds. The van der Waals surface area contributed by atoms with Crippen LogP contribution >= 0.6 is 0 Å². The highest BCUT2D eigenvalue weighted by atomic mass is 16.5. The molecule has 0 unspecified atom stereocenters. The minimum absolute atomic E-state index is 0.125. The van der Waals surface area contributed by atoms with Crippen molar-refractivity contribution in [3.63, 3.8) is 0 Å². The number of amides is 1. The monoisotopic (exact) mass is 341 g/mol. The molecule has 0 saturated heterocycles.